The van der Waals surface area contributed by atoms with Crippen LogP contribution in [0.15, 0.2) is 35.1 Å². The highest BCUT2D eigenvalue weighted by Crippen LogP contribution is 2.31. The van der Waals surface area contributed by atoms with E-state index >= 15 is 0 Å². The van der Waals surface area contributed by atoms with Crippen LogP contribution < -0.4 is 5.56 Å². The van der Waals surface area contributed by atoms with Crippen LogP contribution in [0, 0.1) is 5.82 Å². The highest BCUT2D eigenvalue weighted by Gasteiger charge is 2.29. The minimum atomic E-state index is -0.289. The number of H-pyrrole nitrogens is 1. The van der Waals surface area contributed by atoms with Crippen LogP contribution in [-0.2, 0) is 12.8 Å². The summed E-state index contributed by atoms with van der Waals surface area (Å²) < 4.78 is 13.5. The van der Waals surface area contributed by atoms with Gasteiger partial charge in [-0.25, -0.2) is 4.39 Å². The molecule has 0 bridgehead atoms. The van der Waals surface area contributed by atoms with E-state index in [2.05, 4.69) is 4.98 Å². The molecule has 0 radical (unpaired) electrons. The lowest BCUT2D eigenvalue weighted by Crippen LogP contribution is -2.39. The zero-order chi connectivity index (χ0) is 16.6. The Balaban J connectivity index is 1.97. The van der Waals surface area contributed by atoms with Crippen molar-refractivity contribution >= 4 is 5.91 Å². The predicted molar refractivity (Wildman–Crippen MR) is 86.0 cm³/mol. The van der Waals surface area contributed by atoms with E-state index in [1.165, 1.54) is 18.2 Å². The van der Waals surface area contributed by atoms with Crippen molar-refractivity contribution in [3.8, 4) is 0 Å². The van der Waals surface area contributed by atoms with Crippen LogP contribution in [0.25, 0.3) is 0 Å². The Bertz CT molecular complexity index is 813. The summed E-state index contributed by atoms with van der Waals surface area (Å²) in [5.74, 6) is -0.413. The summed E-state index contributed by atoms with van der Waals surface area (Å²) in [5.41, 5.74) is 2.88. The minimum absolute atomic E-state index is 0.125. The normalized spacial score (nSPS) is 17.0. The van der Waals surface area contributed by atoms with Crippen LogP contribution >= 0.6 is 0 Å². The number of aryl methyl sites for hydroxylation is 1. The zero-order valence-electron chi connectivity index (χ0n) is 13.2. The molecule has 0 aliphatic carbocycles. The molecule has 3 rings (SSSR count). The first-order valence-electron chi connectivity index (χ1n) is 7.82. The van der Waals surface area contributed by atoms with Crippen molar-refractivity contribution in [1.82, 2.24) is 9.88 Å². The largest absolute Gasteiger partial charge is 0.331 e. The van der Waals surface area contributed by atoms with Crippen molar-refractivity contribution in [3.63, 3.8) is 0 Å². The average molecular weight is 314 g/mol. The second-order valence-corrected chi connectivity index (χ2v) is 5.84. The molecular weight excluding hydrogens is 295 g/mol. The first kappa shape index (κ1) is 15.5. The summed E-state index contributed by atoms with van der Waals surface area (Å²) in [6, 6.07) is 7.51. The number of hydrogen-bond donors (Lipinski definition) is 1. The third-order valence-corrected chi connectivity index (χ3v) is 4.49. The second-order valence-electron chi connectivity index (χ2n) is 5.84. The first-order valence-corrected chi connectivity index (χ1v) is 7.82. The first-order chi connectivity index (χ1) is 11.0. The molecule has 0 saturated carbocycles. The number of nitrogens with one attached hydrogen (secondary N) is 1. The van der Waals surface area contributed by atoms with E-state index in [-0.39, 0.29) is 23.3 Å². The number of aromatic amines is 1. The molecular formula is C18H19FN2O2. The number of carbonyl (C=O) groups excluding carboxylic acids is 1. The van der Waals surface area contributed by atoms with Gasteiger partial charge in [-0.05, 0) is 49.1 Å². The van der Waals surface area contributed by atoms with Gasteiger partial charge < -0.3 is 9.88 Å². The Morgan fingerprint density at radius 2 is 2.13 bits per heavy atom. The Morgan fingerprint density at radius 1 is 1.35 bits per heavy atom. The monoisotopic (exact) mass is 314 g/mol. The molecule has 1 aliphatic rings. The quantitative estimate of drug-likeness (QED) is 0.926. The lowest BCUT2D eigenvalue weighted by atomic mass is 9.92. The van der Waals surface area contributed by atoms with Gasteiger partial charge in [-0.15, -0.1) is 0 Å². The molecule has 0 fully saturated rings. The number of aromatic nitrogens is 1. The van der Waals surface area contributed by atoms with Crippen LogP contribution in [0.3, 0.4) is 0 Å². The molecule has 1 aliphatic heterocycles. The third-order valence-electron chi connectivity index (χ3n) is 4.49. The van der Waals surface area contributed by atoms with E-state index < -0.39 is 0 Å². The van der Waals surface area contributed by atoms with Gasteiger partial charge >= 0.3 is 0 Å². The summed E-state index contributed by atoms with van der Waals surface area (Å²) in [6.07, 6.45) is 1.28. The number of nitrogens with zero attached hydrogens (tertiary/aromatic N) is 1. The number of halogens is 1. The topological polar surface area (TPSA) is 53.2 Å². The van der Waals surface area contributed by atoms with E-state index in [4.69, 9.17) is 0 Å². The van der Waals surface area contributed by atoms with Crippen LogP contribution in [0.5, 0.6) is 0 Å². The molecule has 1 atom stereocenters. The Labute approximate surface area is 134 Å². The molecule has 4 nitrogen and oxygen atoms in total. The van der Waals surface area contributed by atoms with Gasteiger partial charge in [-0.1, -0.05) is 13.0 Å². The predicted octanol–water partition coefficient (Wildman–Crippen LogP) is 2.84. The maximum Gasteiger partial charge on any atom is 0.256 e. The average Bonchev–Trinajstić information content (AvgIpc) is 2.55. The van der Waals surface area contributed by atoms with Gasteiger partial charge in [0.15, 0.2) is 0 Å². The Kier molecular flexibility index (Phi) is 4.03. The Morgan fingerprint density at radius 3 is 2.87 bits per heavy atom. The van der Waals surface area contributed by atoms with Gasteiger partial charge in [-0.3, -0.25) is 9.59 Å². The summed E-state index contributed by atoms with van der Waals surface area (Å²) in [7, 11) is 0. The standard InChI is InChI=1S/C18H19FN2O2/c1-3-16-14(6-7-17(22)20-16)18(23)21-9-8-12-4-5-13(19)10-15(12)11(21)2/h4-7,10-11H,3,8-9H2,1-2H3,(H,20,22). The van der Waals surface area contributed by atoms with Crippen molar-refractivity contribution in [2.24, 2.45) is 0 Å². The molecule has 0 saturated heterocycles. The van der Waals surface area contributed by atoms with Crippen molar-refractivity contribution in [2.75, 3.05) is 6.54 Å². The summed E-state index contributed by atoms with van der Waals surface area (Å²) >= 11 is 0. The summed E-state index contributed by atoms with van der Waals surface area (Å²) in [6.45, 7) is 4.39. The summed E-state index contributed by atoms with van der Waals surface area (Å²) in [5, 5.41) is 0. The number of hydrogen-bond acceptors (Lipinski definition) is 2. The molecule has 120 valence electrons. The lowest BCUT2D eigenvalue weighted by molar-refractivity contribution is 0.0675. The maximum atomic E-state index is 13.5. The molecule has 1 amide bonds. The SMILES string of the molecule is CCc1[nH]c(=O)ccc1C(=O)N1CCc2ccc(F)cc2C1C. The van der Waals surface area contributed by atoms with Crippen molar-refractivity contribution in [2.45, 2.75) is 32.7 Å². The fourth-order valence-corrected chi connectivity index (χ4v) is 3.21. The maximum absolute atomic E-state index is 13.5. The van der Waals surface area contributed by atoms with E-state index in [0.29, 0.717) is 30.6 Å². The van der Waals surface area contributed by atoms with Gasteiger partial charge in [0.25, 0.3) is 5.91 Å². The molecule has 0 spiro atoms. The number of fused-ring (bicyclic) bond motifs is 1. The van der Waals surface area contributed by atoms with Gasteiger partial charge in [0.2, 0.25) is 5.56 Å². The van der Waals surface area contributed by atoms with Gasteiger partial charge in [0.05, 0.1) is 11.6 Å². The minimum Gasteiger partial charge on any atom is -0.331 e. The number of pyridine rings is 1. The van der Waals surface area contributed by atoms with Crippen molar-refractivity contribution in [1.29, 1.82) is 0 Å². The van der Waals surface area contributed by atoms with Gasteiger partial charge in [0.1, 0.15) is 5.82 Å². The van der Waals surface area contributed by atoms with Crippen LogP contribution in [-0.4, -0.2) is 22.3 Å². The number of rotatable bonds is 2. The lowest BCUT2D eigenvalue weighted by Gasteiger charge is -2.35. The Hall–Kier alpha value is -2.43. The molecule has 1 N–H and O–H groups in total. The van der Waals surface area contributed by atoms with E-state index in [0.717, 1.165) is 11.1 Å². The van der Waals surface area contributed by atoms with Gasteiger partial charge in [-0.2, -0.15) is 0 Å². The summed E-state index contributed by atoms with van der Waals surface area (Å²) in [4.78, 5) is 28.8. The van der Waals surface area contributed by atoms with Crippen LogP contribution in [0.4, 0.5) is 4.39 Å². The van der Waals surface area contributed by atoms with Gasteiger partial charge in [0, 0.05) is 18.3 Å². The van der Waals surface area contributed by atoms with Crippen molar-refractivity contribution in [3.05, 3.63) is 68.9 Å². The number of benzene rings is 1. The smallest absolute Gasteiger partial charge is 0.256 e. The molecule has 1 aromatic carbocycles. The highest BCUT2D eigenvalue weighted by molar-refractivity contribution is 5.95. The molecule has 5 heteroatoms. The van der Waals surface area contributed by atoms with E-state index in [1.54, 1.807) is 17.0 Å². The van der Waals surface area contributed by atoms with Crippen LogP contribution in [0.2, 0.25) is 0 Å². The second kappa shape index (κ2) is 5.99. The molecule has 1 aromatic heterocycles. The molecule has 23 heavy (non-hydrogen) atoms. The number of carbonyl (C=O) groups is 1. The fourth-order valence-electron chi connectivity index (χ4n) is 3.21. The van der Waals surface area contributed by atoms with E-state index in [9.17, 15) is 14.0 Å². The third kappa shape index (κ3) is 2.79. The van der Waals surface area contributed by atoms with Crippen molar-refractivity contribution < 1.29 is 9.18 Å². The number of amides is 1. The fraction of sp³-hybridized carbons (Fsp3) is 0.333. The molecule has 1 unspecified atom stereocenters. The molecule has 2 heterocycles. The highest BCUT2D eigenvalue weighted by atomic mass is 19.1. The van der Waals surface area contributed by atoms with E-state index in [1.807, 2.05) is 13.8 Å². The molecule has 2 aromatic rings. The zero-order valence-corrected chi connectivity index (χ0v) is 13.2. The van der Waals surface area contributed by atoms with Crippen LogP contribution in [0.1, 0.15) is 47.1 Å².